The lowest BCUT2D eigenvalue weighted by molar-refractivity contribution is 0.0737. The van der Waals surface area contributed by atoms with Gasteiger partial charge in [-0.1, -0.05) is 11.6 Å². The molecule has 1 aromatic carbocycles. The van der Waals surface area contributed by atoms with Crippen LogP contribution in [-0.4, -0.2) is 43.6 Å². The highest BCUT2D eigenvalue weighted by Gasteiger charge is 2.33. The topological polar surface area (TPSA) is 67.6 Å². The van der Waals surface area contributed by atoms with E-state index in [1.54, 1.807) is 12.1 Å². The molecule has 0 aliphatic carbocycles. The van der Waals surface area contributed by atoms with Crippen molar-refractivity contribution in [3.05, 3.63) is 22.7 Å². The molecule has 22 heavy (non-hydrogen) atoms. The second kappa shape index (κ2) is 6.34. The maximum atomic E-state index is 12.6. The van der Waals surface area contributed by atoms with E-state index in [9.17, 15) is 4.79 Å². The number of nitrogen functional groups attached to an aromatic ring is 1. The summed E-state index contributed by atoms with van der Waals surface area (Å²) in [6.45, 7) is 3.34. The van der Waals surface area contributed by atoms with Crippen molar-refractivity contribution in [1.82, 2.24) is 10.2 Å². The molecule has 6 heteroatoms. The van der Waals surface area contributed by atoms with Gasteiger partial charge >= 0.3 is 0 Å². The van der Waals surface area contributed by atoms with Gasteiger partial charge in [0.25, 0.3) is 5.91 Å². The molecule has 2 saturated heterocycles. The van der Waals surface area contributed by atoms with Crippen LogP contribution in [0.4, 0.5) is 5.69 Å². The quantitative estimate of drug-likeness (QED) is 0.836. The number of halogens is 1. The van der Waals surface area contributed by atoms with Gasteiger partial charge in [0.2, 0.25) is 0 Å². The molecule has 0 aromatic heterocycles. The van der Waals surface area contributed by atoms with Crippen molar-refractivity contribution in [2.75, 3.05) is 32.5 Å². The van der Waals surface area contributed by atoms with Crippen LogP contribution in [0.3, 0.4) is 0 Å². The van der Waals surface area contributed by atoms with Crippen LogP contribution in [-0.2, 0) is 0 Å². The van der Waals surface area contributed by atoms with Gasteiger partial charge in [-0.25, -0.2) is 0 Å². The number of fused-ring (bicyclic) bond motifs is 2. The average Bonchev–Trinajstić information content (AvgIpc) is 2.53. The Hall–Kier alpha value is -1.46. The Morgan fingerprint density at radius 2 is 2.23 bits per heavy atom. The fourth-order valence-corrected chi connectivity index (χ4v) is 3.81. The number of hydrogen-bond acceptors (Lipinski definition) is 4. The van der Waals surface area contributed by atoms with Crippen LogP contribution in [0, 0.1) is 5.92 Å². The highest BCUT2D eigenvalue weighted by molar-refractivity contribution is 6.35. The van der Waals surface area contributed by atoms with Gasteiger partial charge < -0.3 is 20.7 Å². The molecule has 2 heterocycles. The van der Waals surface area contributed by atoms with Crippen LogP contribution in [0.25, 0.3) is 0 Å². The molecule has 2 fully saturated rings. The Kier molecular flexibility index (Phi) is 4.45. The second-order valence-electron chi connectivity index (χ2n) is 6.12. The van der Waals surface area contributed by atoms with Crippen LogP contribution in [0.2, 0.25) is 5.02 Å². The number of piperidine rings is 2. The normalized spacial score (nSPS) is 27.3. The fourth-order valence-electron chi connectivity index (χ4n) is 3.57. The van der Waals surface area contributed by atoms with Crippen molar-refractivity contribution in [2.45, 2.75) is 25.3 Å². The number of benzene rings is 1. The molecule has 0 spiro atoms. The lowest BCUT2D eigenvalue weighted by atomic mass is 9.85. The van der Waals surface area contributed by atoms with E-state index in [0.29, 0.717) is 27.9 Å². The van der Waals surface area contributed by atoms with Gasteiger partial charge in [-0.3, -0.25) is 4.79 Å². The zero-order chi connectivity index (χ0) is 15.7. The first kappa shape index (κ1) is 15.4. The first-order valence-electron chi connectivity index (χ1n) is 7.75. The second-order valence-corrected chi connectivity index (χ2v) is 6.50. The predicted molar refractivity (Wildman–Crippen MR) is 87.5 cm³/mol. The van der Waals surface area contributed by atoms with E-state index >= 15 is 0 Å². The summed E-state index contributed by atoms with van der Waals surface area (Å²) in [6.07, 6.45) is 3.40. The van der Waals surface area contributed by atoms with Crippen LogP contribution < -0.4 is 15.8 Å². The Bertz CT molecular complexity index is 579. The highest BCUT2D eigenvalue weighted by Crippen LogP contribution is 2.34. The van der Waals surface area contributed by atoms with Crippen LogP contribution >= 0.6 is 11.6 Å². The number of nitrogens with two attached hydrogens (primary N) is 1. The van der Waals surface area contributed by atoms with Gasteiger partial charge in [-0.15, -0.1) is 0 Å². The van der Waals surface area contributed by atoms with E-state index in [2.05, 4.69) is 10.2 Å². The number of nitrogens with zero attached hydrogens (tertiary/aromatic N) is 1. The third-order valence-corrected chi connectivity index (χ3v) is 5.15. The monoisotopic (exact) mass is 323 g/mol. The third-order valence-electron chi connectivity index (χ3n) is 4.76. The van der Waals surface area contributed by atoms with Crippen LogP contribution in [0.1, 0.15) is 29.6 Å². The summed E-state index contributed by atoms with van der Waals surface area (Å²) in [6, 6.07) is 3.54. The van der Waals surface area contributed by atoms with Crippen molar-refractivity contribution < 1.29 is 9.53 Å². The molecule has 2 bridgehead atoms. The first-order valence-corrected chi connectivity index (χ1v) is 8.13. The van der Waals surface area contributed by atoms with Crippen molar-refractivity contribution >= 4 is 23.2 Å². The number of anilines is 1. The van der Waals surface area contributed by atoms with Gasteiger partial charge in [-0.05, 0) is 43.9 Å². The zero-order valence-corrected chi connectivity index (χ0v) is 13.5. The summed E-state index contributed by atoms with van der Waals surface area (Å²) in [5.74, 6) is 0.754. The molecule has 3 unspecified atom stereocenters. The molecular formula is C16H22ClN3O2. The summed E-state index contributed by atoms with van der Waals surface area (Å²) in [4.78, 5) is 15.1. The number of carbonyl (C=O) groups excluding carboxylic acids is 1. The van der Waals surface area contributed by atoms with Crippen molar-refractivity contribution in [3.63, 3.8) is 0 Å². The molecule has 0 saturated carbocycles. The van der Waals surface area contributed by atoms with E-state index in [4.69, 9.17) is 22.1 Å². The third kappa shape index (κ3) is 2.88. The van der Waals surface area contributed by atoms with E-state index in [0.717, 1.165) is 19.5 Å². The van der Waals surface area contributed by atoms with Crippen LogP contribution in [0.15, 0.2) is 12.1 Å². The van der Waals surface area contributed by atoms with E-state index in [-0.39, 0.29) is 11.9 Å². The Balaban J connectivity index is 1.76. The lowest BCUT2D eigenvalue weighted by Crippen LogP contribution is -2.53. The van der Waals surface area contributed by atoms with Crippen molar-refractivity contribution in [3.8, 4) is 5.75 Å². The smallest absolute Gasteiger partial charge is 0.255 e. The predicted octanol–water partition coefficient (Wildman–Crippen LogP) is 2.14. The van der Waals surface area contributed by atoms with E-state index < -0.39 is 0 Å². The minimum absolute atomic E-state index is 0.136. The average molecular weight is 324 g/mol. The fraction of sp³-hybridized carbons (Fsp3) is 0.562. The van der Waals surface area contributed by atoms with E-state index in [1.807, 2.05) is 0 Å². The maximum Gasteiger partial charge on any atom is 0.255 e. The van der Waals surface area contributed by atoms with Crippen LogP contribution in [0.5, 0.6) is 5.75 Å². The number of hydrogen-bond donors (Lipinski definition) is 2. The van der Waals surface area contributed by atoms with Crippen molar-refractivity contribution in [2.24, 2.45) is 5.92 Å². The van der Waals surface area contributed by atoms with Crippen molar-refractivity contribution in [1.29, 1.82) is 0 Å². The summed E-state index contributed by atoms with van der Waals surface area (Å²) in [7, 11) is 1.50. The zero-order valence-electron chi connectivity index (χ0n) is 12.8. The molecule has 120 valence electrons. The Morgan fingerprint density at radius 1 is 1.41 bits per heavy atom. The molecular weight excluding hydrogens is 302 g/mol. The maximum absolute atomic E-state index is 12.6. The number of rotatable bonds is 3. The number of amides is 1. The molecule has 0 radical (unpaired) electrons. The molecule has 1 aromatic rings. The number of ether oxygens (including phenoxy) is 1. The molecule has 1 amide bonds. The highest BCUT2D eigenvalue weighted by atomic mass is 35.5. The first-order chi connectivity index (χ1) is 10.6. The lowest BCUT2D eigenvalue weighted by Gasteiger charge is -2.42. The van der Waals surface area contributed by atoms with Gasteiger partial charge in [-0.2, -0.15) is 0 Å². The minimum Gasteiger partial charge on any atom is -0.494 e. The molecule has 2 aliphatic rings. The Labute approximate surface area is 135 Å². The molecule has 3 rings (SSSR count). The summed E-state index contributed by atoms with van der Waals surface area (Å²) < 4.78 is 5.27. The molecule has 5 nitrogen and oxygen atoms in total. The van der Waals surface area contributed by atoms with Gasteiger partial charge in [0, 0.05) is 19.1 Å². The largest absolute Gasteiger partial charge is 0.494 e. The number of carbonyl (C=O) groups is 1. The molecule has 3 atom stereocenters. The number of methoxy groups -OCH3 is 1. The van der Waals surface area contributed by atoms with Gasteiger partial charge in [0.15, 0.2) is 5.75 Å². The molecule has 3 N–H and O–H groups in total. The summed E-state index contributed by atoms with van der Waals surface area (Å²) in [5, 5.41) is 3.46. The summed E-state index contributed by atoms with van der Waals surface area (Å²) in [5.41, 5.74) is 6.62. The van der Waals surface area contributed by atoms with Gasteiger partial charge in [0.05, 0.1) is 18.4 Å². The minimum atomic E-state index is -0.136. The molecule has 2 aliphatic heterocycles. The standard InChI is InChI=1S/C16H22ClN3O2/c1-22-15-11(4-5-12(18)14(15)17)16(21)19-13-6-8-20-7-2-3-10(13)9-20/h4-5,10,13H,2-3,6-9,18H2,1H3,(H,19,21). The Morgan fingerprint density at radius 3 is 3.00 bits per heavy atom. The van der Waals surface area contributed by atoms with E-state index in [1.165, 1.54) is 26.5 Å². The number of nitrogens with one attached hydrogen (secondary N) is 1. The van der Waals surface area contributed by atoms with Gasteiger partial charge in [0.1, 0.15) is 5.02 Å². The summed E-state index contributed by atoms with van der Waals surface area (Å²) >= 11 is 6.13. The SMILES string of the molecule is COc1c(C(=O)NC2CCN3CCCC2C3)ccc(N)c1Cl.